The van der Waals surface area contributed by atoms with E-state index in [1.807, 2.05) is 0 Å². The largest absolute Gasteiger partial charge is 0.506 e. The lowest BCUT2D eigenvalue weighted by Crippen LogP contribution is -1.95. The van der Waals surface area contributed by atoms with Crippen molar-refractivity contribution in [2.24, 2.45) is 10.2 Å². The number of hydrogen-bond donors (Lipinski definition) is 2. The molecule has 2 aromatic rings. The average Bonchev–Trinajstić information content (AvgIpc) is 2.38. The van der Waals surface area contributed by atoms with Crippen LogP contribution >= 0.6 is 0 Å². The number of aromatic carboxylic acids is 1. The summed E-state index contributed by atoms with van der Waals surface area (Å²) >= 11 is 0. The van der Waals surface area contributed by atoms with E-state index in [0.717, 1.165) is 0 Å². The van der Waals surface area contributed by atoms with E-state index >= 15 is 0 Å². The first-order chi connectivity index (χ1) is 8.68. The molecule has 0 heterocycles. The number of benzene rings is 2. The highest BCUT2D eigenvalue weighted by molar-refractivity contribution is 5.93. The number of hydrogen-bond acceptors (Lipinski definition) is 4. The van der Waals surface area contributed by atoms with Crippen LogP contribution in [0.15, 0.2) is 58.8 Å². The van der Waals surface area contributed by atoms with Crippen molar-refractivity contribution in [3.63, 3.8) is 0 Å². The second-order valence-electron chi connectivity index (χ2n) is 3.51. The topological polar surface area (TPSA) is 82.2 Å². The van der Waals surface area contributed by atoms with Crippen molar-refractivity contribution in [3.8, 4) is 5.75 Å². The van der Waals surface area contributed by atoms with E-state index in [2.05, 4.69) is 10.2 Å². The number of azo groups is 1. The maximum Gasteiger partial charge on any atom is 0.337 e. The monoisotopic (exact) mass is 242 g/mol. The van der Waals surface area contributed by atoms with E-state index in [1.54, 1.807) is 36.4 Å². The molecule has 0 unspecified atom stereocenters. The van der Waals surface area contributed by atoms with Gasteiger partial charge in [-0.1, -0.05) is 24.3 Å². The number of carbonyl (C=O) groups is 1. The fourth-order valence-corrected chi connectivity index (χ4v) is 1.40. The van der Waals surface area contributed by atoms with Crippen molar-refractivity contribution < 1.29 is 15.0 Å². The smallest absolute Gasteiger partial charge is 0.337 e. The SMILES string of the molecule is O=C(O)c1ccccc1N=Nc1ccccc1O. The Morgan fingerprint density at radius 1 is 0.889 bits per heavy atom. The number of para-hydroxylation sites is 1. The molecular weight excluding hydrogens is 232 g/mol. The Labute approximate surface area is 103 Å². The average molecular weight is 242 g/mol. The van der Waals surface area contributed by atoms with Gasteiger partial charge in [0.2, 0.25) is 0 Å². The van der Waals surface area contributed by atoms with Crippen LogP contribution in [0, 0.1) is 0 Å². The lowest BCUT2D eigenvalue weighted by molar-refractivity contribution is 0.0698. The van der Waals surface area contributed by atoms with Gasteiger partial charge in [-0.3, -0.25) is 0 Å². The van der Waals surface area contributed by atoms with Crippen LogP contribution in [0.3, 0.4) is 0 Å². The number of aromatic hydroxyl groups is 1. The molecule has 0 radical (unpaired) electrons. The van der Waals surface area contributed by atoms with Gasteiger partial charge < -0.3 is 10.2 Å². The third kappa shape index (κ3) is 2.52. The molecule has 0 aliphatic heterocycles. The van der Waals surface area contributed by atoms with Crippen molar-refractivity contribution in [1.82, 2.24) is 0 Å². The van der Waals surface area contributed by atoms with Crippen LogP contribution in [0.2, 0.25) is 0 Å². The molecule has 5 nitrogen and oxygen atoms in total. The molecule has 0 aromatic heterocycles. The molecule has 2 rings (SSSR count). The molecule has 0 aliphatic rings. The zero-order chi connectivity index (χ0) is 13.0. The highest BCUT2D eigenvalue weighted by atomic mass is 16.4. The molecule has 0 bridgehead atoms. The number of carboxylic acids is 1. The molecule has 5 heteroatoms. The Morgan fingerprint density at radius 3 is 2.11 bits per heavy atom. The minimum Gasteiger partial charge on any atom is -0.506 e. The van der Waals surface area contributed by atoms with Crippen LogP contribution in [0.4, 0.5) is 11.4 Å². The summed E-state index contributed by atoms with van der Waals surface area (Å²) in [7, 11) is 0. The predicted molar refractivity (Wildman–Crippen MR) is 65.7 cm³/mol. The molecule has 0 spiro atoms. The van der Waals surface area contributed by atoms with Crippen molar-refractivity contribution >= 4 is 17.3 Å². The van der Waals surface area contributed by atoms with Gasteiger partial charge in [0.25, 0.3) is 0 Å². The first-order valence-corrected chi connectivity index (χ1v) is 5.20. The minimum absolute atomic E-state index is 0.00550. The summed E-state index contributed by atoms with van der Waals surface area (Å²) in [4.78, 5) is 10.9. The summed E-state index contributed by atoms with van der Waals surface area (Å²) in [6.07, 6.45) is 0. The zero-order valence-electron chi connectivity index (χ0n) is 9.32. The molecular formula is C13H10N2O3. The number of phenolic OH excluding ortho intramolecular Hbond substituents is 1. The lowest BCUT2D eigenvalue weighted by atomic mass is 10.2. The first-order valence-electron chi connectivity index (χ1n) is 5.20. The predicted octanol–water partition coefficient (Wildman–Crippen LogP) is 3.51. The summed E-state index contributed by atoms with van der Waals surface area (Å²) < 4.78 is 0. The van der Waals surface area contributed by atoms with Gasteiger partial charge in [0.05, 0.1) is 5.56 Å². The Balaban J connectivity index is 2.35. The summed E-state index contributed by atoms with van der Waals surface area (Å²) in [5, 5.41) is 26.1. The van der Waals surface area contributed by atoms with Gasteiger partial charge in [-0.15, -0.1) is 10.2 Å². The van der Waals surface area contributed by atoms with Gasteiger partial charge in [0.1, 0.15) is 17.1 Å². The third-order valence-electron chi connectivity index (χ3n) is 2.28. The van der Waals surface area contributed by atoms with Crippen molar-refractivity contribution in [2.45, 2.75) is 0 Å². The summed E-state index contributed by atoms with van der Waals surface area (Å²) in [5.41, 5.74) is 0.600. The van der Waals surface area contributed by atoms with Gasteiger partial charge in [0.15, 0.2) is 0 Å². The first kappa shape index (κ1) is 11.8. The number of carboxylic acid groups (broad SMARTS) is 1. The molecule has 0 atom stereocenters. The maximum atomic E-state index is 10.9. The zero-order valence-corrected chi connectivity index (χ0v) is 9.32. The van der Waals surface area contributed by atoms with Crippen molar-refractivity contribution in [2.75, 3.05) is 0 Å². The van der Waals surface area contributed by atoms with E-state index in [0.29, 0.717) is 0 Å². The van der Waals surface area contributed by atoms with E-state index in [9.17, 15) is 9.90 Å². The highest BCUT2D eigenvalue weighted by Crippen LogP contribution is 2.28. The van der Waals surface area contributed by atoms with Crippen molar-refractivity contribution in [1.29, 1.82) is 0 Å². The molecule has 2 N–H and O–H groups in total. The third-order valence-corrected chi connectivity index (χ3v) is 2.28. The van der Waals surface area contributed by atoms with Crippen LogP contribution in [-0.2, 0) is 0 Å². The lowest BCUT2D eigenvalue weighted by Gasteiger charge is -1.99. The minimum atomic E-state index is -1.07. The standard InChI is InChI=1S/C13H10N2O3/c16-12-8-4-3-7-11(12)15-14-10-6-2-1-5-9(10)13(17)18/h1-8,16H,(H,17,18). The number of nitrogens with zero attached hydrogens (tertiary/aromatic N) is 2. The summed E-state index contributed by atoms with van der Waals surface area (Å²) in [6.45, 7) is 0. The molecule has 0 amide bonds. The number of rotatable bonds is 3. The van der Waals surface area contributed by atoms with Gasteiger partial charge in [-0.05, 0) is 24.3 Å². The fourth-order valence-electron chi connectivity index (χ4n) is 1.40. The molecule has 0 saturated heterocycles. The van der Waals surface area contributed by atoms with E-state index < -0.39 is 5.97 Å². The van der Waals surface area contributed by atoms with Crippen LogP contribution in [0.25, 0.3) is 0 Å². The van der Waals surface area contributed by atoms with Gasteiger partial charge >= 0.3 is 5.97 Å². The molecule has 0 fully saturated rings. The van der Waals surface area contributed by atoms with Crippen LogP contribution in [0.1, 0.15) is 10.4 Å². The quantitative estimate of drug-likeness (QED) is 0.808. The fraction of sp³-hybridized carbons (Fsp3) is 0. The molecule has 90 valence electrons. The molecule has 18 heavy (non-hydrogen) atoms. The number of phenols is 1. The second kappa shape index (κ2) is 5.09. The Kier molecular flexibility index (Phi) is 3.33. The van der Waals surface area contributed by atoms with Gasteiger partial charge in [-0.2, -0.15) is 0 Å². The van der Waals surface area contributed by atoms with E-state index in [-0.39, 0.29) is 22.7 Å². The molecule has 0 aliphatic carbocycles. The maximum absolute atomic E-state index is 10.9. The van der Waals surface area contributed by atoms with Crippen molar-refractivity contribution in [3.05, 3.63) is 54.1 Å². The molecule has 2 aromatic carbocycles. The summed E-state index contributed by atoms with van der Waals surface area (Å²) in [6, 6.07) is 12.7. The van der Waals surface area contributed by atoms with Gasteiger partial charge in [-0.25, -0.2) is 4.79 Å². The van der Waals surface area contributed by atoms with Gasteiger partial charge in [0, 0.05) is 0 Å². The van der Waals surface area contributed by atoms with E-state index in [4.69, 9.17) is 5.11 Å². The van der Waals surface area contributed by atoms with Crippen LogP contribution in [0.5, 0.6) is 5.75 Å². The Morgan fingerprint density at radius 2 is 1.44 bits per heavy atom. The normalized spacial score (nSPS) is 10.7. The summed E-state index contributed by atoms with van der Waals surface area (Å²) in [5.74, 6) is -1.07. The van der Waals surface area contributed by atoms with Crippen LogP contribution < -0.4 is 0 Å². The Hall–Kier alpha value is -2.69. The highest BCUT2D eigenvalue weighted by Gasteiger charge is 2.08. The van der Waals surface area contributed by atoms with E-state index in [1.165, 1.54) is 12.1 Å². The van der Waals surface area contributed by atoms with Crippen LogP contribution in [-0.4, -0.2) is 16.2 Å². The second-order valence-corrected chi connectivity index (χ2v) is 3.51. The Bertz CT molecular complexity index is 609. The molecule has 0 saturated carbocycles.